The summed E-state index contributed by atoms with van der Waals surface area (Å²) in [5.41, 5.74) is -0.113. The largest absolute Gasteiger partial charge is 0.476 e. The third-order valence-electron chi connectivity index (χ3n) is 3.23. The lowest BCUT2D eigenvalue weighted by atomic mass is 9.98. The highest BCUT2D eigenvalue weighted by Gasteiger charge is 2.21. The fraction of sp³-hybridized carbons (Fsp3) is 0.500. The summed E-state index contributed by atoms with van der Waals surface area (Å²) in [5, 5.41) is 18.2. The number of piperidine rings is 1. The molecule has 1 fully saturated rings. The first-order valence-electron chi connectivity index (χ1n) is 5.87. The second-order valence-corrected chi connectivity index (χ2v) is 4.83. The van der Waals surface area contributed by atoms with Gasteiger partial charge in [-0.1, -0.05) is 11.6 Å². The van der Waals surface area contributed by atoms with E-state index >= 15 is 0 Å². The fourth-order valence-corrected chi connectivity index (χ4v) is 2.29. The van der Waals surface area contributed by atoms with Crippen molar-refractivity contribution in [3.05, 3.63) is 22.8 Å². The molecule has 1 aliphatic heterocycles. The van der Waals surface area contributed by atoms with Gasteiger partial charge < -0.3 is 15.1 Å². The van der Waals surface area contributed by atoms with E-state index in [-0.39, 0.29) is 17.3 Å². The summed E-state index contributed by atoms with van der Waals surface area (Å²) in [6, 6.07) is 3.29. The van der Waals surface area contributed by atoms with E-state index in [4.69, 9.17) is 21.8 Å². The molecule has 0 amide bonds. The van der Waals surface area contributed by atoms with Crippen LogP contribution in [0.25, 0.3) is 0 Å². The SMILES string of the molecule is O=C(O)c1nc(N2CCC(CO)CC2)ccc1Cl. The van der Waals surface area contributed by atoms with Crippen LogP contribution in [0.4, 0.5) is 5.82 Å². The number of aliphatic hydroxyl groups excluding tert-OH is 1. The minimum atomic E-state index is -1.12. The minimum Gasteiger partial charge on any atom is -0.476 e. The van der Waals surface area contributed by atoms with Crippen LogP contribution in [0.2, 0.25) is 5.02 Å². The van der Waals surface area contributed by atoms with Crippen molar-refractivity contribution < 1.29 is 15.0 Å². The van der Waals surface area contributed by atoms with Crippen molar-refractivity contribution in [1.82, 2.24) is 4.98 Å². The number of anilines is 1. The zero-order valence-electron chi connectivity index (χ0n) is 9.84. The van der Waals surface area contributed by atoms with Crippen LogP contribution in [-0.2, 0) is 0 Å². The van der Waals surface area contributed by atoms with Crippen LogP contribution in [0.15, 0.2) is 12.1 Å². The quantitative estimate of drug-likeness (QED) is 0.873. The minimum absolute atomic E-state index is 0.113. The van der Waals surface area contributed by atoms with Crippen molar-refractivity contribution in [2.24, 2.45) is 5.92 Å². The van der Waals surface area contributed by atoms with E-state index in [0.29, 0.717) is 11.7 Å². The van der Waals surface area contributed by atoms with E-state index in [1.165, 1.54) is 0 Å². The van der Waals surface area contributed by atoms with Gasteiger partial charge in [-0.05, 0) is 30.9 Å². The number of hydrogen-bond donors (Lipinski definition) is 2. The van der Waals surface area contributed by atoms with E-state index in [1.54, 1.807) is 12.1 Å². The molecule has 0 aliphatic carbocycles. The maximum Gasteiger partial charge on any atom is 0.356 e. The highest BCUT2D eigenvalue weighted by Crippen LogP contribution is 2.24. The van der Waals surface area contributed by atoms with Gasteiger partial charge in [0.1, 0.15) is 5.82 Å². The van der Waals surface area contributed by atoms with E-state index in [1.807, 2.05) is 4.90 Å². The van der Waals surface area contributed by atoms with Crippen molar-refractivity contribution in [1.29, 1.82) is 0 Å². The molecule has 1 aromatic heterocycles. The molecule has 0 spiro atoms. The molecule has 0 bridgehead atoms. The molecule has 2 N–H and O–H groups in total. The number of pyridine rings is 1. The van der Waals surface area contributed by atoms with Crippen LogP contribution in [0.1, 0.15) is 23.3 Å². The van der Waals surface area contributed by atoms with E-state index in [9.17, 15) is 4.79 Å². The van der Waals surface area contributed by atoms with Gasteiger partial charge in [0.15, 0.2) is 5.69 Å². The molecule has 2 heterocycles. The Morgan fingerprint density at radius 1 is 1.44 bits per heavy atom. The number of aromatic nitrogens is 1. The van der Waals surface area contributed by atoms with Gasteiger partial charge >= 0.3 is 5.97 Å². The van der Waals surface area contributed by atoms with Crippen LogP contribution in [0.5, 0.6) is 0 Å². The zero-order valence-corrected chi connectivity index (χ0v) is 10.6. The first kappa shape index (κ1) is 13.1. The van der Waals surface area contributed by atoms with Crippen molar-refractivity contribution in [2.45, 2.75) is 12.8 Å². The maximum atomic E-state index is 11.0. The Bertz CT molecular complexity index is 445. The molecule has 0 aromatic carbocycles. The third kappa shape index (κ3) is 2.73. The standard InChI is InChI=1S/C12H15ClN2O3/c13-9-1-2-10(14-11(9)12(17)18)15-5-3-8(7-16)4-6-15/h1-2,8,16H,3-7H2,(H,17,18). The topological polar surface area (TPSA) is 73.7 Å². The number of carboxylic acid groups (broad SMARTS) is 1. The normalized spacial score (nSPS) is 16.9. The summed E-state index contributed by atoms with van der Waals surface area (Å²) in [6.45, 7) is 1.76. The number of carboxylic acids is 1. The number of carbonyl (C=O) groups is 1. The lowest BCUT2D eigenvalue weighted by Gasteiger charge is -2.32. The lowest BCUT2D eigenvalue weighted by Crippen LogP contribution is -2.35. The molecule has 1 saturated heterocycles. The predicted octanol–water partition coefficient (Wildman–Crippen LogP) is 1.64. The Morgan fingerprint density at radius 3 is 2.67 bits per heavy atom. The van der Waals surface area contributed by atoms with Gasteiger partial charge in [-0.3, -0.25) is 0 Å². The van der Waals surface area contributed by atoms with Gasteiger partial charge in [-0.25, -0.2) is 9.78 Å². The molecule has 5 nitrogen and oxygen atoms in total. The Hall–Kier alpha value is -1.33. The van der Waals surface area contributed by atoms with Gasteiger partial charge in [0, 0.05) is 19.7 Å². The summed E-state index contributed by atoms with van der Waals surface area (Å²) >= 11 is 5.78. The smallest absolute Gasteiger partial charge is 0.356 e. The predicted molar refractivity (Wildman–Crippen MR) is 68.2 cm³/mol. The summed E-state index contributed by atoms with van der Waals surface area (Å²) in [5.74, 6) is -0.146. The highest BCUT2D eigenvalue weighted by molar-refractivity contribution is 6.33. The van der Waals surface area contributed by atoms with Gasteiger partial charge in [-0.2, -0.15) is 0 Å². The molecule has 1 aliphatic rings. The Kier molecular flexibility index (Phi) is 4.04. The number of aromatic carboxylic acids is 1. The zero-order chi connectivity index (χ0) is 13.1. The first-order valence-corrected chi connectivity index (χ1v) is 6.25. The van der Waals surface area contributed by atoms with Gasteiger partial charge in [-0.15, -0.1) is 0 Å². The molecule has 0 saturated carbocycles. The monoisotopic (exact) mass is 270 g/mol. The summed E-state index contributed by atoms with van der Waals surface area (Å²) < 4.78 is 0. The number of rotatable bonds is 3. The average molecular weight is 271 g/mol. The molecule has 1 aromatic rings. The Labute approximate surface area is 110 Å². The molecule has 0 radical (unpaired) electrons. The van der Waals surface area contributed by atoms with E-state index < -0.39 is 5.97 Å². The number of hydrogen-bond acceptors (Lipinski definition) is 4. The van der Waals surface area contributed by atoms with Gasteiger partial charge in [0.2, 0.25) is 0 Å². The summed E-state index contributed by atoms with van der Waals surface area (Å²) in [6.07, 6.45) is 1.78. The molecular weight excluding hydrogens is 256 g/mol. The van der Waals surface area contributed by atoms with Crippen molar-refractivity contribution in [2.75, 3.05) is 24.6 Å². The molecule has 98 valence electrons. The van der Waals surface area contributed by atoms with Crippen molar-refractivity contribution in [3.63, 3.8) is 0 Å². The van der Waals surface area contributed by atoms with Crippen molar-refractivity contribution in [3.8, 4) is 0 Å². The molecule has 0 atom stereocenters. The van der Waals surface area contributed by atoms with Gasteiger partial charge in [0.25, 0.3) is 0 Å². The lowest BCUT2D eigenvalue weighted by molar-refractivity contribution is 0.0691. The number of nitrogens with zero attached hydrogens (tertiary/aromatic N) is 2. The number of halogens is 1. The van der Waals surface area contributed by atoms with Crippen LogP contribution < -0.4 is 4.90 Å². The van der Waals surface area contributed by atoms with Crippen LogP contribution >= 0.6 is 11.6 Å². The molecule has 2 rings (SSSR count). The Balaban J connectivity index is 2.15. The summed E-state index contributed by atoms with van der Waals surface area (Å²) in [7, 11) is 0. The molecule has 6 heteroatoms. The number of aliphatic hydroxyl groups is 1. The second-order valence-electron chi connectivity index (χ2n) is 4.42. The average Bonchev–Trinajstić information content (AvgIpc) is 2.39. The fourth-order valence-electron chi connectivity index (χ4n) is 2.10. The molecule has 18 heavy (non-hydrogen) atoms. The van der Waals surface area contributed by atoms with E-state index in [0.717, 1.165) is 25.9 Å². The molecule has 0 unspecified atom stereocenters. The molecular formula is C12H15ClN2O3. The van der Waals surface area contributed by atoms with Crippen LogP contribution in [0, 0.1) is 5.92 Å². The second kappa shape index (κ2) is 5.54. The van der Waals surface area contributed by atoms with E-state index in [2.05, 4.69) is 4.98 Å². The highest BCUT2D eigenvalue weighted by atomic mass is 35.5. The third-order valence-corrected chi connectivity index (χ3v) is 3.54. The first-order chi connectivity index (χ1) is 8.61. The van der Waals surface area contributed by atoms with Crippen molar-refractivity contribution >= 4 is 23.4 Å². The van der Waals surface area contributed by atoms with Crippen LogP contribution in [0.3, 0.4) is 0 Å². The summed E-state index contributed by atoms with van der Waals surface area (Å²) in [4.78, 5) is 17.1. The van der Waals surface area contributed by atoms with Crippen LogP contribution in [-0.4, -0.2) is 40.9 Å². The Morgan fingerprint density at radius 2 is 2.11 bits per heavy atom. The van der Waals surface area contributed by atoms with Gasteiger partial charge in [0.05, 0.1) is 5.02 Å². The maximum absolute atomic E-state index is 11.0.